The maximum Gasteiger partial charge on any atom is 0.337 e. The predicted molar refractivity (Wildman–Crippen MR) is 90.6 cm³/mol. The summed E-state index contributed by atoms with van der Waals surface area (Å²) in [5, 5.41) is 5.96. The fourth-order valence-electron chi connectivity index (χ4n) is 1.81. The number of anilines is 2. The molecular weight excluding hydrogens is 332 g/mol. The number of carbonyl (C=O) groups excluding carboxylic acids is 2. The van der Waals surface area contributed by atoms with Crippen molar-refractivity contribution >= 4 is 35.0 Å². The molecule has 8 heteroatoms. The molecule has 0 atom stereocenters. The average Bonchev–Trinajstić information content (AvgIpc) is 2.61. The maximum absolute atomic E-state index is 11.9. The lowest BCUT2D eigenvalue weighted by atomic mass is 10.2. The van der Waals surface area contributed by atoms with E-state index < -0.39 is 5.97 Å². The van der Waals surface area contributed by atoms with E-state index in [9.17, 15) is 9.59 Å². The van der Waals surface area contributed by atoms with Crippen LogP contribution in [0.15, 0.2) is 43.2 Å². The van der Waals surface area contributed by atoms with Gasteiger partial charge < -0.3 is 15.4 Å². The molecule has 2 aromatic rings. The first-order valence-corrected chi connectivity index (χ1v) is 7.29. The average molecular weight is 347 g/mol. The van der Waals surface area contributed by atoms with Gasteiger partial charge in [0.2, 0.25) is 0 Å². The lowest BCUT2D eigenvalue weighted by Gasteiger charge is -2.10. The molecule has 0 fully saturated rings. The summed E-state index contributed by atoms with van der Waals surface area (Å²) in [6.45, 7) is 3.86. The van der Waals surface area contributed by atoms with Crippen molar-refractivity contribution in [3.63, 3.8) is 0 Å². The first-order chi connectivity index (χ1) is 11.5. The molecule has 1 amide bonds. The van der Waals surface area contributed by atoms with E-state index in [0.717, 1.165) is 0 Å². The number of carbonyl (C=O) groups is 2. The van der Waals surface area contributed by atoms with Crippen LogP contribution in [-0.2, 0) is 4.74 Å². The number of hydrogen-bond acceptors (Lipinski definition) is 6. The molecule has 2 N–H and O–H groups in total. The van der Waals surface area contributed by atoms with Crippen LogP contribution in [-0.4, -0.2) is 35.5 Å². The van der Waals surface area contributed by atoms with Gasteiger partial charge in [-0.3, -0.25) is 4.79 Å². The van der Waals surface area contributed by atoms with Crippen LogP contribution in [0.3, 0.4) is 0 Å². The number of rotatable bonds is 6. The van der Waals surface area contributed by atoms with Crippen LogP contribution in [0.5, 0.6) is 0 Å². The SMILES string of the molecule is C=CCNC(=O)c1cc(Nc2cc(C(=O)OC)ccc2Cl)ncn1. The molecule has 1 aromatic carbocycles. The lowest BCUT2D eigenvalue weighted by molar-refractivity contribution is 0.0600. The topological polar surface area (TPSA) is 93.2 Å². The zero-order chi connectivity index (χ0) is 17.5. The Bertz CT molecular complexity index is 780. The highest BCUT2D eigenvalue weighted by molar-refractivity contribution is 6.33. The van der Waals surface area contributed by atoms with Crippen molar-refractivity contribution in [1.82, 2.24) is 15.3 Å². The van der Waals surface area contributed by atoms with Crippen molar-refractivity contribution in [1.29, 1.82) is 0 Å². The van der Waals surface area contributed by atoms with Crippen molar-refractivity contribution in [3.8, 4) is 0 Å². The maximum atomic E-state index is 11.9. The first-order valence-electron chi connectivity index (χ1n) is 6.91. The Morgan fingerprint density at radius 1 is 1.33 bits per heavy atom. The van der Waals surface area contributed by atoms with E-state index >= 15 is 0 Å². The van der Waals surface area contributed by atoms with Crippen molar-refractivity contribution in [2.45, 2.75) is 0 Å². The van der Waals surface area contributed by atoms with E-state index in [-0.39, 0.29) is 11.6 Å². The van der Waals surface area contributed by atoms with Gasteiger partial charge in [-0.15, -0.1) is 6.58 Å². The predicted octanol–water partition coefficient (Wildman–Crippen LogP) is 2.58. The smallest absolute Gasteiger partial charge is 0.337 e. The molecule has 0 radical (unpaired) electrons. The molecule has 0 saturated heterocycles. The minimum Gasteiger partial charge on any atom is -0.465 e. The summed E-state index contributed by atoms with van der Waals surface area (Å²) in [7, 11) is 1.29. The summed E-state index contributed by atoms with van der Waals surface area (Å²) in [6, 6.07) is 6.12. The van der Waals surface area contributed by atoms with Gasteiger partial charge in [-0.05, 0) is 18.2 Å². The van der Waals surface area contributed by atoms with E-state index in [1.54, 1.807) is 18.2 Å². The Morgan fingerprint density at radius 3 is 2.83 bits per heavy atom. The Balaban J connectivity index is 2.23. The summed E-state index contributed by atoms with van der Waals surface area (Å²) in [5.41, 5.74) is 0.979. The fraction of sp³-hybridized carbons (Fsp3) is 0.125. The van der Waals surface area contributed by atoms with E-state index in [1.165, 1.54) is 25.6 Å². The van der Waals surface area contributed by atoms with Gasteiger partial charge in [-0.25, -0.2) is 14.8 Å². The van der Waals surface area contributed by atoms with E-state index in [4.69, 9.17) is 11.6 Å². The Hall–Kier alpha value is -2.93. The van der Waals surface area contributed by atoms with Gasteiger partial charge in [0, 0.05) is 12.6 Å². The molecule has 0 bridgehead atoms. The summed E-state index contributed by atoms with van der Waals surface area (Å²) in [6.07, 6.45) is 2.82. The molecule has 2 rings (SSSR count). The summed E-state index contributed by atoms with van der Waals surface area (Å²) in [4.78, 5) is 31.4. The van der Waals surface area contributed by atoms with E-state index in [2.05, 4.69) is 31.9 Å². The number of aromatic nitrogens is 2. The van der Waals surface area contributed by atoms with Crippen molar-refractivity contribution in [2.75, 3.05) is 19.0 Å². The molecular formula is C16H15ClN4O3. The highest BCUT2D eigenvalue weighted by Crippen LogP contribution is 2.26. The molecule has 0 aliphatic rings. The highest BCUT2D eigenvalue weighted by atomic mass is 35.5. The quantitative estimate of drug-likeness (QED) is 0.617. The number of esters is 1. The first kappa shape index (κ1) is 17.4. The monoisotopic (exact) mass is 346 g/mol. The number of methoxy groups -OCH3 is 1. The van der Waals surface area contributed by atoms with E-state index in [0.29, 0.717) is 28.6 Å². The number of nitrogens with zero attached hydrogens (tertiary/aromatic N) is 2. The van der Waals surface area contributed by atoms with Gasteiger partial charge in [0.1, 0.15) is 17.8 Å². The van der Waals surface area contributed by atoms with Gasteiger partial charge >= 0.3 is 5.97 Å². The molecule has 124 valence electrons. The molecule has 0 saturated carbocycles. The Morgan fingerprint density at radius 2 is 2.12 bits per heavy atom. The standard InChI is InChI=1S/C16H15ClN4O3/c1-3-6-18-15(22)13-8-14(20-9-19-13)21-12-7-10(16(23)24-2)4-5-11(12)17/h3-5,7-9H,1,6H2,2H3,(H,18,22)(H,19,20,21). The third kappa shape index (κ3) is 4.30. The van der Waals surface area contributed by atoms with Crippen LogP contribution in [0.25, 0.3) is 0 Å². The van der Waals surface area contributed by atoms with Gasteiger partial charge in [0.15, 0.2) is 0 Å². The molecule has 1 heterocycles. The van der Waals surface area contributed by atoms with Gasteiger partial charge in [-0.2, -0.15) is 0 Å². The zero-order valence-electron chi connectivity index (χ0n) is 12.9. The van der Waals surface area contributed by atoms with Crippen molar-refractivity contribution < 1.29 is 14.3 Å². The van der Waals surface area contributed by atoms with Crippen LogP contribution in [0.2, 0.25) is 5.02 Å². The van der Waals surface area contributed by atoms with Crippen LogP contribution in [0.4, 0.5) is 11.5 Å². The molecule has 0 unspecified atom stereocenters. The summed E-state index contributed by atoms with van der Waals surface area (Å²) >= 11 is 6.12. The van der Waals surface area contributed by atoms with Crippen LogP contribution >= 0.6 is 11.6 Å². The molecule has 0 spiro atoms. The minimum absolute atomic E-state index is 0.189. The zero-order valence-corrected chi connectivity index (χ0v) is 13.6. The third-order valence-corrected chi connectivity index (χ3v) is 3.29. The molecule has 1 aromatic heterocycles. The highest BCUT2D eigenvalue weighted by Gasteiger charge is 2.11. The normalized spacial score (nSPS) is 9.92. The molecule has 0 aliphatic heterocycles. The minimum atomic E-state index is -0.484. The third-order valence-electron chi connectivity index (χ3n) is 2.96. The fourth-order valence-corrected chi connectivity index (χ4v) is 1.97. The number of ether oxygens (including phenoxy) is 1. The number of amides is 1. The van der Waals surface area contributed by atoms with Gasteiger partial charge in [-0.1, -0.05) is 17.7 Å². The number of halogens is 1. The van der Waals surface area contributed by atoms with Crippen molar-refractivity contribution in [3.05, 3.63) is 59.5 Å². The largest absolute Gasteiger partial charge is 0.465 e. The summed E-state index contributed by atoms with van der Waals surface area (Å²) in [5.74, 6) is -0.477. The number of nitrogens with one attached hydrogen (secondary N) is 2. The second-order valence-corrected chi connectivity index (χ2v) is 5.01. The van der Waals surface area contributed by atoms with Gasteiger partial charge in [0.05, 0.1) is 23.4 Å². The van der Waals surface area contributed by atoms with Crippen LogP contribution < -0.4 is 10.6 Å². The lowest BCUT2D eigenvalue weighted by Crippen LogP contribution is -2.24. The second-order valence-electron chi connectivity index (χ2n) is 4.60. The number of benzene rings is 1. The molecule has 0 aliphatic carbocycles. The Labute approximate surface area is 143 Å². The number of hydrogen-bond donors (Lipinski definition) is 2. The summed E-state index contributed by atoms with van der Waals surface area (Å²) < 4.78 is 4.67. The molecule has 7 nitrogen and oxygen atoms in total. The second kappa shape index (κ2) is 8.07. The van der Waals surface area contributed by atoms with Crippen LogP contribution in [0, 0.1) is 0 Å². The Kier molecular flexibility index (Phi) is 5.86. The van der Waals surface area contributed by atoms with Crippen molar-refractivity contribution in [2.24, 2.45) is 0 Å². The molecule has 24 heavy (non-hydrogen) atoms. The van der Waals surface area contributed by atoms with Crippen LogP contribution in [0.1, 0.15) is 20.8 Å². The van der Waals surface area contributed by atoms with Gasteiger partial charge in [0.25, 0.3) is 5.91 Å². The van der Waals surface area contributed by atoms with E-state index in [1.807, 2.05) is 0 Å².